The molecule has 0 aliphatic heterocycles. The van der Waals surface area contributed by atoms with Gasteiger partial charge in [0, 0.05) is 11.8 Å². The average molecular weight is 444 g/mol. The number of amides is 1. The van der Waals surface area contributed by atoms with E-state index in [-0.39, 0.29) is 11.3 Å². The number of benzene rings is 1. The van der Waals surface area contributed by atoms with Crippen molar-refractivity contribution in [1.29, 1.82) is 0 Å². The number of alkyl halides is 3. The Balaban J connectivity index is 1.79. The SMILES string of the molecule is O=C(NC1CCCC1O)c1cc(-c2ccc(C(F)(F)F)cc2)nn(-c2cccnc2)c1=O. The van der Waals surface area contributed by atoms with E-state index in [9.17, 15) is 27.9 Å². The zero-order chi connectivity index (χ0) is 22.9. The Morgan fingerprint density at radius 1 is 1.16 bits per heavy atom. The van der Waals surface area contributed by atoms with Gasteiger partial charge in [0.1, 0.15) is 5.56 Å². The molecular formula is C22H19F3N4O3. The zero-order valence-corrected chi connectivity index (χ0v) is 16.7. The third kappa shape index (κ3) is 4.40. The molecule has 10 heteroatoms. The maximum atomic E-state index is 13.0. The molecule has 1 aromatic carbocycles. The molecule has 4 rings (SSSR count). The van der Waals surface area contributed by atoms with Crippen molar-refractivity contribution in [1.82, 2.24) is 20.1 Å². The monoisotopic (exact) mass is 444 g/mol. The van der Waals surface area contributed by atoms with Gasteiger partial charge in [0.15, 0.2) is 0 Å². The quantitative estimate of drug-likeness (QED) is 0.645. The van der Waals surface area contributed by atoms with Crippen LogP contribution >= 0.6 is 0 Å². The van der Waals surface area contributed by atoms with Crippen LogP contribution in [0.15, 0.2) is 59.7 Å². The fraction of sp³-hybridized carbons (Fsp3) is 0.273. The lowest BCUT2D eigenvalue weighted by atomic mass is 10.1. The van der Waals surface area contributed by atoms with Crippen molar-refractivity contribution in [2.75, 3.05) is 0 Å². The molecule has 2 atom stereocenters. The Morgan fingerprint density at radius 3 is 2.50 bits per heavy atom. The molecule has 2 heterocycles. The van der Waals surface area contributed by atoms with Crippen molar-refractivity contribution in [2.45, 2.75) is 37.6 Å². The normalized spacial score (nSPS) is 18.5. The van der Waals surface area contributed by atoms with Crippen LogP contribution in [0, 0.1) is 0 Å². The van der Waals surface area contributed by atoms with E-state index in [0.29, 0.717) is 24.1 Å². The molecule has 0 saturated heterocycles. The molecule has 2 unspecified atom stereocenters. The molecular weight excluding hydrogens is 425 g/mol. The number of hydrogen-bond acceptors (Lipinski definition) is 5. The minimum Gasteiger partial charge on any atom is -0.391 e. The predicted molar refractivity (Wildman–Crippen MR) is 109 cm³/mol. The summed E-state index contributed by atoms with van der Waals surface area (Å²) in [6.45, 7) is 0. The standard InChI is InChI=1S/C22H19F3N4O3/c23-22(24,25)14-8-6-13(7-9-14)18-11-16(20(31)27-17-4-1-5-19(17)30)21(32)29(28-18)15-3-2-10-26-12-15/h2-3,6-12,17,19,30H,1,4-5H2,(H,27,31). The summed E-state index contributed by atoms with van der Waals surface area (Å²) in [5.41, 5.74) is -1.04. The molecule has 0 bridgehead atoms. The first-order valence-electron chi connectivity index (χ1n) is 9.95. The Hall–Kier alpha value is -3.53. The number of carbonyl (C=O) groups excluding carboxylic acids is 1. The minimum atomic E-state index is -4.49. The van der Waals surface area contributed by atoms with Gasteiger partial charge in [-0.1, -0.05) is 12.1 Å². The summed E-state index contributed by atoms with van der Waals surface area (Å²) < 4.78 is 39.7. The van der Waals surface area contributed by atoms with Crippen LogP contribution < -0.4 is 10.9 Å². The fourth-order valence-electron chi connectivity index (χ4n) is 3.64. The van der Waals surface area contributed by atoms with Crippen LogP contribution in [0.2, 0.25) is 0 Å². The number of aliphatic hydroxyl groups is 1. The van der Waals surface area contributed by atoms with E-state index in [1.807, 2.05) is 0 Å². The third-order valence-corrected chi connectivity index (χ3v) is 5.35. The molecule has 0 radical (unpaired) electrons. The van der Waals surface area contributed by atoms with E-state index in [1.54, 1.807) is 12.1 Å². The van der Waals surface area contributed by atoms with Gasteiger partial charge < -0.3 is 10.4 Å². The number of rotatable bonds is 4. The summed E-state index contributed by atoms with van der Waals surface area (Å²) in [6.07, 6.45) is -0.419. The van der Waals surface area contributed by atoms with Crippen LogP contribution in [0.5, 0.6) is 0 Å². The minimum absolute atomic E-state index is 0.138. The first kappa shape index (κ1) is 21.7. The summed E-state index contributed by atoms with van der Waals surface area (Å²) in [6, 6.07) is 8.20. The van der Waals surface area contributed by atoms with Gasteiger partial charge in [-0.05, 0) is 49.6 Å². The van der Waals surface area contributed by atoms with Crippen LogP contribution in [0.1, 0.15) is 35.2 Å². The molecule has 2 aromatic heterocycles. The Labute approximate surface area is 180 Å². The molecule has 1 aliphatic carbocycles. The fourth-order valence-corrected chi connectivity index (χ4v) is 3.64. The molecule has 166 valence electrons. The summed E-state index contributed by atoms with van der Waals surface area (Å²) >= 11 is 0. The van der Waals surface area contributed by atoms with Crippen molar-refractivity contribution in [3.05, 3.63) is 76.3 Å². The number of carbonyl (C=O) groups is 1. The second-order valence-electron chi connectivity index (χ2n) is 7.52. The number of pyridine rings is 1. The summed E-state index contributed by atoms with van der Waals surface area (Å²) in [4.78, 5) is 29.9. The lowest BCUT2D eigenvalue weighted by Crippen LogP contribution is -2.42. The molecule has 2 N–H and O–H groups in total. The highest BCUT2D eigenvalue weighted by Gasteiger charge is 2.31. The van der Waals surface area contributed by atoms with Gasteiger partial charge in [0.2, 0.25) is 0 Å². The van der Waals surface area contributed by atoms with Crippen molar-refractivity contribution < 1.29 is 23.1 Å². The number of hydrogen-bond donors (Lipinski definition) is 2. The third-order valence-electron chi connectivity index (χ3n) is 5.35. The van der Waals surface area contributed by atoms with Gasteiger partial charge in [-0.15, -0.1) is 0 Å². The van der Waals surface area contributed by atoms with E-state index < -0.39 is 35.4 Å². The number of nitrogens with zero attached hydrogens (tertiary/aromatic N) is 3. The Bertz CT molecular complexity index is 1180. The van der Waals surface area contributed by atoms with E-state index in [2.05, 4.69) is 15.4 Å². The van der Waals surface area contributed by atoms with Crippen LogP contribution in [0.4, 0.5) is 13.2 Å². The Kier molecular flexibility index (Phi) is 5.79. The van der Waals surface area contributed by atoms with Crippen LogP contribution in [0.25, 0.3) is 16.9 Å². The second kappa shape index (κ2) is 8.54. The van der Waals surface area contributed by atoms with Crippen molar-refractivity contribution in [3.63, 3.8) is 0 Å². The first-order valence-corrected chi connectivity index (χ1v) is 9.95. The van der Waals surface area contributed by atoms with Gasteiger partial charge in [0.25, 0.3) is 11.5 Å². The van der Waals surface area contributed by atoms with E-state index in [1.165, 1.54) is 30.6 Å². The number of aliphatic hydroxyl groups excluding tert-OH is 1. The maximum absolute atomic E-state index is 13.0. The number of nitrogens with one attached hydrogen (secondary N) is 1. The number of halogens is 3. The summed E-state index contributed by atoms with van der Waals surface area (Å²) in [7, 11) is 0. The smallest absolute Gasteiger partial charge is 0.391 e. The lowest BCUT2D eigenvalue weighted by Gasteiger charge is -2.17. The molecule has 0 spiro atoms. The van der Waals surface area contributed by atoms with Crippen LogP contribution in [-0.4, -0.2) is 37.9 Å². The first-order chi connectivity index (χ1) is 15.2. The van der Waals surface area contributed by atoms with E-state index in [0.717, 1.165) is 23.2 Å². The number of aromatic nitrogens is 3. The lowest BCUT2D eigenvalue weighted by molar-refractivity contribution is -0.137. The summed E-state index contributed by atoms with van der Waals surface area (Å²) in [5, 5.41) is 16.9. The van der Waals surface area contributed by atoms with Crippen molar-refractivity contribution in [3.8, 4) is 16.9 Å². The highest BCUT2D eigenvalue weighted by molar-refractivity contribution is 5.95. The highest BCUT2D eigenvalue weighted by Crippen LogP contribution is 2.30. The molecule has 32 heavy (non-hydrogen) atoms. The topological polar surface area (TPSA) is 97.1 Å². The maximum Gasteiger partial charge on any atom is 0.416 e. The van der Waals surface area contributed by atoms with E-state index in [4.69, 9.17) is 0 Å². The molecule has 7 nitrogen and oxygen atoms in total. The largest absolute Gasteiger partial charge is 0.416 e. The van der Waals surface area contributed by atoms with Gasteiger partial charge >= 0.3 is 6.18 Å². The van der Waals surface area contributed by atoms with Crippen molar-refractivity contribution in [2.24, 2.45) is 0 Å². The average Bonchev–Trinajstić information content (AvgIpc) is 3.18. The molecule has 1 amide bonds. The summed E-state index contributed by atoms with van der Waals surface area (Å²) in [5.74, 6) is -0.686. The van der Waals surface area contributed by atoms with Gasteiger partial charge in [-0.2, -0.15) is 23.0 Å². The van der Waals surface area contributed by atoms with Crippen LogP contribution in [-0.2, 0) is 6.18 Å². The van der Waals surface area contributed by atoms with Gasteiger partial charge in [-0.3, -0.25) is 14.6 Å². The van der Waals surface area contributed by atoms with Crippen LogP contribution in [0.3, 0.4) is 0 Å². The highest BCUT2D eigenvalue weighted by atomic mass is 19.4. The zero-order valence-electron chi connectivity index (χ0n) is 16.7. The molecule has 1 fully saturated rings. The van der Waals surface area contributed by atoms with Gasteiger partial charge in [0.05, 0.1) is 35.3 Å². The van der Waals surface area contributed by atoms with E-state index >= 15 is 0 Å². The molecule has 3 aromatic rings. The molecule has 1 saturated carbocycles. The van der Waals surface area contributed by atoms with Gasteiger partial charge in [-0.25, -0.2) is 0 Å². The Morgan fingerprint density at radius 2 is 1.91 bits per heavy atom. The molecule has 1 aliphatic rings. The predicted octanol–water partition coefficient (Wildman–Crippen LogP) is 2.96. The van der Waals surface area contributed by atoms with Crippen molar-refractivity contribution >= 4 is 5.91 Å². The second-order valence-corrected chi connectivity index (χ2v) is 7.52.